The summed E-state index contributed by atoms with van der Waals surface area (Å²) in [5.74, 6) is -0.104. The van der Waals surface area contributed by atoms with Crippen molar-refractivity contribution < 1.29 is 14.3 Å². The highest BCUT2D eigenvalue weighted by Crippen LogP contribution is 2.27. The Kier molecular flexibility index (Phi) is 3.83. The lowest BCUT2D eigenvalue weighted by atomic mass is 10.1. The van der Waals surface area contributed by atoms with Gasteiger partial charge in [0.05, 0.1) is 13.0 Å². The van der Waals surface area contributed by atoms with Crippen LogP contribution in [0.2, 0.25) is 0 Å². The van der Waals surface area contributed by atoms with Gasteiger partial charge in [0.25, 0.3) is 0 Å². The zero-order valence-corrected chi connectivity index (χ0v) is 11.5. The molecule has 19 heavy (non-hydrogen) atoms. The molecular weight excluding hydrogens is 244 g/mol. The van der Waals surface area contributed by atoms with Crippen LogP contribution >= 0.6 is 0 Å². The maximum atomic E-state index is 12.1. The largest absolute Gasteiger partial charge is 0.469 e. The number of hydrogen-bond acceptors (Lipinski definition) is 4. The highest BCUT2D eigenvalue weighted by molar-refractivity contribution is 5.99. The topological polar surface area (TPSA) is 59.5 Å². The van der Waals surface area contributed by atoms with E-state index in [1.54, 1.807) is 4.90 Å². The molecule has 2 rings (SSSR count). The number of carbonyl (C=O) groups excluding carboxylic acids is 2. The van der Waals surface area contributed by atoms with E-state index in [1.165, 1.54) is 7.11 Å². The van der Waals surface area contributed by atoms with E-state index in [4.69, 9.17) is 4.74 Å². The third-order valence-corrected chi connectivity index (χ3v) is 3.39. The van der Waals surface area contributed by atoms with Gasteiger partial charge in [-0.2, -0.15) is 0 Å². The fourth-order valence-electron chi connectivity index (χ4n) is 2.32. The van der Waals surface area contributed by atoms with Gasteiger partial charge in [0.15, 0.2) is 0 Å². The maximum absolute atomic E-state index is 12.1. The Labute approximate surface area is 112 Å². The highest BCUT2D eigenvalue weighted by atomic mass is 16.5. The number of amides is 1. The van der Waals surface area contributed by atoms with Crippen LogP contribution in [0.25, 0.3) is 0 Å². The predicted molar refractivity (Wildman–Crippen MR) is 70.8 cm³/mol. The van der Waals surface area contributed by atoms with Crippen LogP contribution in [0.15, 0.2) is 12.1 Å². The minimum absolute atomic E-state index is 0.0665. The summed E-state index contributed by atoms with van der Waals surface area (Å²) in [6.45, 7) is 4.27. The van der Waals surface area contributed by atoms with E-state index in [0.717, 1.165) is 17.7 Å². The van der Waals surface area contributed by atoms with Gasteiger partial charge in [-0.05, 0) is 25.0 Å². The average Bonchev–Trinajstić information content (AvgIpc) is 2.79. The number of anilines is 1. The SMILES string of the molecule is CCc1ccc(C)nc1N1CC(C(=O)OC)CC1=O. The molecule has 102 valence electrons. The summed E-state index contributed by atoms with van der Waals surface area (Å²) in [5, 5.41) is 0. The fourth-order valence-corrected chi connectivity index (χ4v) is 2.32. The Morgan fingerprint density at radius 1 is 1.53 bits per heavy atom. The van der Waals surface area contributed by atoms with Crippen LogP contribution in [-0.2, 0) is 20.7 Å². The van der Waals surface area contributed by atoms with Crippen LogP contribution in [0.3, 0.4) is 0 Å². The normalized spacial score (nSPS) is 18.8. The quantitative estimate of drug-likeness (QED) is 0.774. The van der Waals surface area contributed by atoms with Crippen molar-refractivity contribution in [3.05, 3.63) is 23.4 Å². The van der Waals surface area contributed by atoms with Gasteiger partial charge in [-0.3, -0.25) is 14.5 Å². The van der Waals surface area contributed by atoms with Crippen molar-refractivity contribution in [1.82, 2.24) is 4.98 Å². The van der Waals surface area contributed by atoms with Gasteiger partial charge < -0.3 is 4.74 Å². The Morgan fingerprint density at radius 3 is 2.89 bits per heavy atom. The smallest absolute Gasteiger partial charge is 0.311 e. The number of esters is 1. The molecule has 1 aromatic heterocycles. The molecule has 0 N–H and O–H groups in total. The number of aryl methyl sites for hydroxylation is 2. The number of ether oxygens (including phenoxy) is 1. The summed E-state index contributed by atoms with van der Waals surface area (Å²) in [4.78, 5) is 29.7. The molecule has 1 fully saturated rings. The van der Waals surface area contributed by atoms with Crippen molar-refractivity contribution >= 4 is 17.7 Å². The van der Waals surface area contributed by atoms with E-state index in [2.05, 4.69) is 4.98 Å². The van der Waals surface area contributed by atoms with Crippen molar-refractivity contribution in [2.75, 3.05) is 18.6 Å². The van der Waals surface area contributed by atoms with E-state index in [9.17, 15) is 9.59 Å². The summed E-state index contributed by atoms with van der Waals surface area (Å²) in [6.07, 6.45) is 1.00. The number of rotatable bonds is 3. The molecule has 0 aliphatic carbocycles. The lowest BCUT2D eigenvalue weighted by Crippen LogP contribution is -2.28. The van der Waals surface area contributed by atoms with Crippen molar-refractivity contribution in [2.45, 2.75) is 26.7 Å². The molecule has 1 aliphatic rings. The number of methoxy groups -OCH3 is 1. The molecule has 1 amide bonds. The average molecular weight is 262 g/mol. The second-order valence-electron chi connectivity index (χ2n) is 4.72. The number of pyridine rings is 1. The lowest BCUT2D eigenvalue weighted by Gasteiger charge is -2.19. The number of carbonyl (C=O) groups is 2. The van der Waals surface area contributed by atoms with Crippen LogP contribution in [0.1, 0.15) is 24.6 Å². The summed E-state index contributed by atoms with van der Waals surface area (Å²) in [5.41, 5.74) is 1.88. The van der Waals surface area contributed by atoms with Crippen molar-refractivity contribution in [3.8, 4) is 0 Å². The number of hydrogen-bond donors (Lipinski definition) is 0. The molecule has 0 saturated carbocycles. The van der Waals surface area contributed by atoms with Crippen molar-refractivity contribution in [3.63, 3.8) is 0 Å². The van der Waals surface area contributed by atoms with E-state index in [-0.39, 0.29) is 24.2 Å². The van der Waals surface area contributed by atoms with E-state index < -0.39 is 0 Å². The van der Waals surface area contributed by atoms with Crippen LogP contribution in [0.4, 0.5) is 5.82 Å². The monoisotopic (exact) mass is 262 g/mol. The first-order chi connectivity index (χ1) is 9.06. The molecule has 0 spiro atoms. The Hall–Kier alpha value is -1.91. The van der Waals surface area contributed by atoms with Gasteiger partial charge in [0.1, 0.15) is 5.82 Å². The van der Waals surface area contributed by atoms with E-state index in [1.807, 2.05) is 26.0 Å². The summed E-state index contributed by atoms with van der Waals surface area (Å²) >= 11 is 0. The molecule has 1 unspecified atom stereocenters. The number of aromatic nitrogens is 1. The van der Waals surface area contributed by atoms with E-state index >= 15 is 0 Å². The van der Waals surface area contributed by atoms with Gasteiger partial charge in [0.2, 0.25) is 5.91 Å². The Balaban J connectivity index is 2.30. The van der Waals surface area contributed by atoms with Crippen LogP contribution in [-0.4, -0.2) is 30.5 Å². The summed E-state index contributed by atoms with van der Waals surface area (Å²) in [6, 6.07) is 3.91. The van der Waals surface area contributed by atoms with Crippen molar-refractivity contribution in [2.24, 2.45) is 5.92 Å². The summed E-state index contributed by atoms with van der Waals surface area (Å²) < 4.78 is 4.71. The lowest BCUT2D eigenvalue weighted by molar-refractivity contribution is -0.145. The Bertz CT molecular complexity index is 513. The molecule has 1 atom stereocenters. The van der Waals surface area contributed by atoms with Crippen LogP contribution in [0.5, 0.6) is 0 Å². The zero-order chi connectivity index (χ0) is 14.0. The second-order valence-corrected chi connectivity index (χ2v) is 4.72. The molecular formula is C14H18N2O3. The van der Waals surface area contributed by atoms with E-state index in [0.29, 0.717) is 12.4 Å². The molecule has 5 nitrogen and oxygen atoms in total. The zero-order valence-electron chi connectivity index (χ0n) is 11.5. The molecule has 1 aromatic rings. The van der Waals surface area contributed by atoms with Gasteiger partial charge in [-0.15, -0.1) is 0 Å². The minimum atomic E-state index is -0.385. The van der Waals surface area contributed by atoms with Crippen LogP contribution in [0, 0.1) is 12.8 Å². The number of nitrogens with zero attached hydrogens (tertiary/aromatic N) is 2. The first-order valence-electron chi connectivity index (χ1n) is 6.41. The minimum Gasteiger partial charge on any atom is -0.469 e. The fraction of sp³-hybridized carbons (Fsp3) is 0.500. The second kappa shape index (κ2) is 5.38. The summed E-state index contributed by atoms with van der Waals surface area (Å²) in [7, 11) is 1.35. The predicted octanol–water partition coefficient (Wildman–Crippen LogP) is 1.48. The van der Waals surface area contributed by atoms with Gasteiger partial charge in [-0.1, -0.05) is 13.0 Å². The van der Waals surface area contributed by atoms with Gasteiger partial charge in [-0.25, -0.2) is 4.98 Å². The standard InChI is InChI=1S/C14H18N2O3/c1-4-10-6-5-9(2)15-13(10)16-8-11(7-12(16)17)14(18)19-3/h5-6,11H,4,7-8H2,1-3H3. The Morgan fingerprint density at radius 2 is 2.26 bits per heavy atom. The molecule has 5 heteroatoms. The first-order valence-corrected chi connectivity index (χ1v) is 6.41. The van der Waals surface area contributed by atoms with Gasteiger partial charge >= 0.3 is 5.97 Å². The maximum Gasteiger partial charge on any atom is 0.311 e. The van der Waals surface area contributed by atoms with Crippen LogP contribution < -0.4 is 4.90 Å². The third kappa shape index (κ3) is 2.59. The molecule has 0 bridgehead atoms. The molecule has 0 radical (unpaired) electrons. The van der Waals surface area contributed by atoms with Gasteiger partial charge in [0, 0.05) is 18.7 Å². The molecule has 1 saturated heterocycles. The van der Waals surface area contributed by atoms with Crippen molar-refractivity contribution in [1.29, 1.82) is 0 Å². The third-order valence-electron chi connectivity index (χ3n) is 3.39. The highest BCUT2D eigenvalue weighted by Gasteiger charge is 2.37. The molecule has 1 aliphatic heterocycles. The first kappa shape index (κ1) is 13.5. The molecule has 2 heterocycles. The molecule has 0 aromatic carbocycles.